The van der Waals surface area contributed by atoms with Crippen molar-refractivity contribution >= 4 is 17.3 Å². The number of hydrogen-bond acceptors (Lipinski definition) is 6. The molecule has 1 aliphatic carbocycles. The molecule has 2 atom stereocenters. The first-order valence-corrected chi connectivity index (χ1v) is 7.69. The Labute approximate surface area is 123 Å². The predicted octanol–water partition coefficient (Wildman–Crippen LogP) is 2.44. The molecule has 2 heterocycles. The monoisotopic (exact) mass is 291 g/mol. The number of nitrogens with zero attached hydrogens (tertiary/aromatic N) is 4. The summed E-state index contributed by atoms with van der Waals surface area (Å²) in [5.74, 6) is 2.16. The van der Waals surface area contributed by atoms with Crippen molar-refractivity contribution < 1.29 is 4.92 Å². The fourth-order valence-electron chi connectivity index (χ4n) is 3.55. The molecule has 114 valence electrons. The van der Waals surface area contributed by atoms with Gasteiger partial charge in [-0.1, -0.05) is 13.3 Å². The number of fused-ring (bicyclic) bond motifs is 1. The average molecular weight is 291 g/mol. The van der Waals surface area contributed by atoms with Crippen LogP contribution >= 0.6 is 0 Å². The normalized spacial score (nSPS) is 24.1. The summed E-state index contributed by atoms with van der Waals surface area (Å²) in [5.41, 5.74) is 0.0194. The van der Waals surface area contributed by atoms with E-state index in [0.717, 1.165) is 19.5 Å². The van der Waals surface area contributed by atoms with E-state index in [0.29, 0.717) is 30.0 Å². The molecule has 1 N–H and O–H groups in total. The minimum atomic E-state index is -0.360. The second kappa shape index (κ2) is 5.83. The van der Waals surface area contributed by atoms with Crippen molar-refractivity contribution in [3.63, 3.8) is 0 Å². The largest absolute Gasteiger partial charge is 0.364 e. The number of rotatable bonds is 5. The third-order valence-electron chi connectivity index (χ3n) is 4.55. The molecule has 21 heavy (non-hydrogen) atoms. The molecule has 0 spiro atoms. The van der Waals surface area contributed by atoms with Crippen LogP contribution in [0.25, 0.3) is 0 Å². The molecule has 1 aromatic heterocycles. The van der Waals surface area contributed by atoms with E-state index in [2.05, 4.69) is 20.2 Å². The summed E-state index contributed by atoms with van der Waals surface area (Å²) in [4.78, 5) is 21.4. The minimum absolute atomic E-state index is 0.0194. The molecule has 2 fully saturated rings. The molecule has 1 aromatic rings. The summed E-state index contributed by atoms with van der Waals surface area (Å²) >= 11 is 0. The van der Waals surface area contributed by atoms with Gasteiger partial charge in [0.2, 0.25) is 11.6 Å². The van der Waals surface area contributed by atoms with Crippen LogP contribution in [0.15, 0.2) is 6.33 Å². The standard InChI is InChI=1S/C14H21N5O2/c1-2-6-15-13-12(19(20)21)14(17-9-16-13)18-7-10-4-3-5-11(10)8-18/h9-11H,2-8H2,1H3,(H,15,16,17). The van der Waals surface area contributed by atoms with Gasteiger partial charge in [-0.05, 0) is 31.1 Å². The van der Waals surface area contributed by atoms with Gasteiger partial charge in [-0.15, -0.1) is 0 Å². The second-order valence-electron chi connectivity index (χ2n) is 5.93. The maximum atomic E-state index is 11.5. The Hall–Kier alpha value is -1.92. The van der Waals surface area contributed by atoms with E-state index in [1.54, 1.807) is 0 Å². The molecule has 1 aliphatic heterocycles. The summed E-state index contributed by atoms with van der Waals surface area (Å²) in [6.07, 6.45) is 6.08. The van der Waals surface area contributed by atoms with Gasteiger partial charge in [-0.25, -0.2) is 9.97 Å². The van der Waals surface area contributed by atoms with Gasteiger partial charge in [0, 0.05) is 19.6 Å². The van der Waals surface area contributed by atoms with Gasteiger partial charge in [0.05, 0.1) is 4.92 Å². The van der Waals surface area contributed by atoms with E-state index < -0.39 is 0 Å². The summed E-state index contributed by atoms with van der Waals surface area (Å²) in [5, 5.41) is 14.5. The number of anilines is 2. The lowest BCUT2D eigenvalue weighted by Gasteiger charge is -2.18. The Morgan fingerprint density at radius 1 is 1.38 bits per heavy atom. The Kier molecular flexibility index (Phi) is 3.90. The number of aromatic nitrogens is 2. The van der Waals surface area contributed by atoms with E-state index in [1.165, 1.54) is 25.6 Å². The van der Waals surface area contributed by atoms with E-state index in [1.807, 2.05) is 6.92 Å². The highest BCUT2D eigenvalue weighted by atomic mass is 16.6. The lowest BCUT2D eigenvalue weighted by Crippen LogP contribution is -2.23. The van der Waals surface area contributed by atoms with E-state index in [-0.39, 0.29) is 10.6 Å². The van der Waals surface area contributed by atoms with Crippen LogP contribution in [0, 0.1) is 22.0 Å². The average Bonchev–Trinajstić information content (AvgIpc) is 3.05. The van der Waals surface area contributed by atoms with E-state index in [4.69, 9.17) is 0 Å². The molecule has 0 amide bonds. The first-order valence-electron chi connectivity index (χ1n) is 7.69. The van der Waals surface area contributed by atoms with E-state index >= 15 is 0 Å². The summed E-state index contributed by atoms with van der Waals surface area (Å²) in [6, 6.07) is 0. The summed E-state index contributed by atoms with van der Waals surface area (Å²) in [7, 11) is 0. The molecule has 0 radical (unpaired) electrons. The van der Waals surface area contributed by atoms with Crippen LogP contribution in [0.4, 0.5) is 17.3 Å². The smallest absolute Gasteiger partial charge is 0.353 e. The quantitative estimate of drug-likeness (QED) is 0.662. The maximum absolute atomic E-state index is 11.5. The molecule has 1 saturated heterocycles. The van der Waals surface area contributed by atoms with Gasteiger partial charge in [0.1, 0.15) is 6.33 Å². The molecule has 2 aliphatic rings. The summed E-state index contributed by atoms with van der Waals surface area (Å²) < 4.78 is 0. The highest BCUT2D eigenvalue weighted by Crippen LogP contribution is 2.42. The van der Waals surface area contributed by atoms with Gasteiger partial charge in [-0.2, -0.15) is 0 Å². The molecule has 0 bridgehead atoms. The van der Waals surface area contributed by atoms with Gasteiger partial charge in [-0.3, -0.25) is 10.1 Å². The van der Waals surface area contributed by atoms with Gasteiger partial charge >= 0.3 is 5.69 Å². The second-order valence-corrected chi connectivity index (χ2v) is 5.93. The van der Waals surface area contributed by atoms with Crippen molar-refractivity contribution in [3.8, 4) is 0 Å². The van der Waals surface area contributed by atoms with Crippen LogP contribution in [0.5, 0.6) is 0 Å². The Bertz CT molecular complexity index is 524. The first-order chi connectivity index (χ1) is 10.2. The SMILES string of the molecule is CCCNc1ncnc(N2CC3CCCC3C2)c1[N+](=O)[O-]. The Balaban J connectivity index is 1.89. The van der Waals surface area contributed by atoms with Crippen LogP contribution < -0.4 is 10.2 Å². The van der Waals surface area contributed by atoms with Crippen LogP contribution in [0.2, 0.25) is 0 Å². The van der Waals surface area contributed by atoms with Crippen molar-refractivity contribution in [1.29, 1.82) is 0 Å². The van der Waals surface area contributed by atoms with E-state index in [9.17, 15) is 10.1 Å². The number of nitrogens with one attached hydrogen (secondary N) is 1. The molecule has 1 saturated carbocycles. The Morgan fingerprint density at radius 3 is 2.71 bits per heavy atom. The van der Waals surface area contributed by atoms with Gasteiger partial charge in [0.15, 0.2) is 0 Å². The zero-order chi connectivity index (χ0) is 14.8. The van der Waals surface area contributed by atoms with Crippen LogP contribution in [0.1, 0.15) is 32.6 Å². The fraction of sp³-hybridized carbons (Fsp3) is 0.714. The molecule has 7 nitrogen and oxygen atoms in total. The van der Waals surface area contributed by atoms with Crippen molar-refractivity contribution in [3.05, 3.63) is 16.4 Å². The Morgan fingerprint density at radius 2 is 2.10 bits per heavy atom. The highest BCUT2D eigenvalue weighted by Gasteiger charge is 2.39. The first kappa shape index (κ1) is 14.0. The maximum Gasteiger partial charge on any atom is 0.353 e. The lowest BCUT2D eigenvalue weighted by molar-refractivity contribution is -0.383. The number of nitro groups is 1. The van der Waals surface area contributed by atoms with Gasteiger partial charge in [0.25, 0.3) is 0 Å². The molecule has 2 unspecified atom stereocenters. The van der Waals surface area contributed by atoms with Crippen LogP contribution in [-0.4, -0.2) is 34.5 Å². The number of hydrogen-bond donors (Lipinski definition) is 1. The van der Waals surface area contributed by atoms with Crippen LogP contribution in [0.3, 0.4) is 0 Å². The zero-order valence-electron chi connectivity index (χ0n) is 12.3. The molecule has 7 heteroatoms. The summed E-state index contributed by atoms with van der Waals surface area (Å²) in [6.45, 7) is 4.45. The topological polar surface area (TPSA) is 84.2 Å². The fourth-order valence-corrected chi connectivity index (χ4v) is 3.55. The van der Waals surface area contributed by atoms with Crippen LogP contribution in [-0.2, 0) is 0 Å². The van der Waals surface area contributed by atoms with Crippen molar-refractivity contribution in [2.75, 3.05) is 29.9 Å². The van der Waals surface area contributed by atoms with Crippen molar-refractivity contribution in [1.82, 2.24) is 9.97 Å². The van der Waals surface area contributed by atoms with Crippen molar-refractivity contribution in [2.45, 2.75) is 32.6 Å². The minimum Gasteiger partial charge on any atom is -0.364 e. The molecule has 3 rings (SSSR count). The molecule has 0 aromatic carbocycles. The lowest BCUT2D eigenvalue weighted by atomic mass is 10.0. The third-order valence-corrected chi connectivity index (χ3v) is 4.55. The highest BCUT2D eigenvalue weighted by molar-refractivity contribution is 5.70. The molecular weight excluding hydrogens is 270 g/mol. The zero-order valence-corrected chi connectivity index (χ0v) is 12.3. The third kappa shape index (κ3) is 2.64. The van der Waals surface area contributed by atoms with Gasteiger partial charge < -0.3 is 10.2 Å². The molecular formula is C14H21N5O2. The van der Waals surface area contributed by atoms with Crippen molar-refractivity contribution in [2.24, 2.45) is 11.8 Å². The predicted molar refractivity (Wildman–Crippen MR) is 80.5 cm³/mol.